The lowest BCUT2D eigenvalue weighted by Gasteiger charge is -2.28. The van der Waals surface area contributed by atoms with Crippen molar-refractivity contribution in [2.24, 2.45) is 0 Å². The third-order valence-electron chi connectivity index (χ3n) is 2.91. The first-order chi connectivity index (χ1) is 8.34. The molecule has 4 nitrogen and oxygen atoms in total. The lowest BCUT2D eigenvalue weighted by molar-refractivity contribution is 0.122. The van der Waals surface area contributed by atoms with Crippen LogP contribution >= 0.6 is 15.9 Å². The molecule has 0 spiro atoms. The van der Waals surface area contributed by atoms with Crippen molar-refractivity contribution in [3.63, 3.8) is 0 Å². The van der Waals surface area contributed by atoms with Crippen LogP contribution in [0.1, 0.15) is 0 Å². The molecule has 0 bridgehead atoms. The first-order valence-corrected chi connectivity index (χ1v) is 6.37. The number of aromatic nitrogens is 2. The predicted octanol–water partition coefficient (Wildman–Crippen LogP) is 2.23. The van der Waals surface area contributed by atoms with Crippen LogP contribution in [-0.4, -0.2) is 36.5 Å². The summed E-state index contributed by atoms with van der Waals surface area (Å²) in [5.74, 6) is 0.957. The summed E-state index contributed by atoms with van der Waals surface area (Å²) < 4.78 is 6.42. The van der Waals surface area contributed by atoms with E-state index in [1.54, 1.807) is 6.20 Å². The molecule has 0 saturated carbocycles. The van der Waals surface area contributed by atoms with Crippen molar-refractivity contribution < 1.29 is 4.74 Å². The molecular weight excluding hydrogens is 282 g/mol. The summed E-state index contributed by atoms with van der Waals surface area (Å²) in [6, 6.07) is 6.18. The molecule has 88 valence electrons. The van der Waals surface area contributed by atoms with Gasteiger partial charge in [-0.3, -0.25) is 0 Å². The van der Waals surface area contributed by atoms with Crippen LogP contribution in [0.25, 0.3) is 10.8 Å². The molecule has 0 unspecified atom stereocenters. The van der Waals surface area contributed by atoms with Crippen molar-refractivity contribution in [3.8, 4) is 0 Å². The maximum Gasteiger partial charge on any atom is 0.159 e. The van der Waals surface area contributed by atoms with Crippen LogP contribution in [0.2, 0.25) is 0 Å². The first kappa shape index (κ1) is 10.9. The highest BCUT2D eigenvalue weighted by atomic mass is 79.9. The molecule has 3 rings (SSSR count). The maximum atomic E-state index is 5.36. The van der Waals surface area contributed by atoms with Crippen LogP contribution in [0.5, 0.6) is 0 Å². The summed E-state index contributed by atoms with van der Waals surface area (Å²) in [4.78, 5) is 2.23. The smallest absolute Gasteiger partial charge is 0.159 e. The molecular formula is C12H12BrN3O. The van der Waals surface area contributed by atoms with Crippen LogP contribution in [0.3, 0.4) is 0 Å². The fraction of sp³-hybridized carbons (Fsp3) is 0.333. The van der Waals surface area contributed by atoms with E-state index in [4.69, 9.17) is 4.74 Å². The third kappa shape index (κ3) is 2.12. The average molecular weight is 294 g/mol. The van der Waals surface area contributed by atoms with Crippen LogP contribution in [0.4, 0.5) is 5.82 Å². The summed E-state index contributed by atoms with van der Waals surface area (Å²) in [7, 11) is 0. The van der Waals surface area contributed by atoms with Gasteiger partial charge < -0.3 is 9.64 Å². The lowest BCUT2D eigenvalue weighted by Crippen LogP contribution is -2.37. The van der Waals surface area contributed by atoms with Crippen LogP contribution in [0.15, 0.2) is 28.9 Å². The molecule has 1 aromatic heterocycles. The van der Waals surface area contributed by atoms with Gasteiger partial charge in [0.2, 0.25) is 0 Å². The molecule has 2 heterocycles. The highest BCUT2D eigenvalue weighted by Gasteiger charge is 2.15. The number of halogens is 1. The van der Waals surface area contributed by atoms with Crippen molar-refractivity contribution in [2.45, 2.75) is 0 Å². The normalized spacial score (nSPS) is 16.4. The molecule has 0 radical (unpaired) electrons. The fourth-order valence-corrected chi connectivity index (χ4v) is 2.43. The Bertz CT molecular complexity index is 540. The molecule has 1 aliphatic rings. The molecule has 1 aliphatic heterocycles. The Morgan fingerprint density at radius 3 is 2.88 bits per heavy atom. The van der Waals surface area contributed by atoms with Crippen molar-refractivity contribution in [2.75, 3.05) is 31.2 Å². The number of rotatable bonds is 1. The Labute approximate surface area is 108 Å². The van der Waals surface area contributed by atoms with Gasteiger partial charge in [0, 0.05) is 28.3 Å². The monoisotopic (exact) mass is 293 g/mol. The van der Waals surface area contributed by atoms with Crippen molar-refractivity contribution >= 4 is 32.5 Å². The standard InChI is InChI=1S/C12H12BrN3O/c13-10-1-2-11-9(7-10)8-14-15-12(11)16-3-5-17-6-4-16/h1-2,7-8H,3-6H2. The fourth-order valence-electron chi connectivity index (χ4n) is 2.05. The minimum atomic E-state index is 0.759. The van der Waals surface area contributed by atoms with Gasteiger partial charge in [0.25, 0.3) is 0 Å². The zero-order valence-corrected chi connectivity index (χ0v) is 10.9. The van der Waals surface area contributed by atoms with Crippen molar-refractivity contribution in [1.82, 2.24) is 10.2 Å². The van der Waals surface area contributed by atoms with E-state index in [0.717, 1.165) is 47.4 Å². The van der Waals surface area contributed by atoms with Crippen LogP contribution < -0.4 is 4.90 Å². The van der Waals surface area contributed by atoms with Crippen molar-refractivity contribution in [3.05, 3.63) is 28.9 Å². The zero-order valence-electron chi connectivity index (χ0n) is 9.27. The molecule has 1 fully saturated rings. The number of ether oxygens (including phenoxy) is 1. The summed E-state index contributed by atoms with van der Waals surface area (Å²) in [6.07, 6.45) is 1.80. The molecule has 1 saturated heterocycles. The summed E-state index contributed by atoms with van der Waals surface area (Å²) in [6.45, 7) is 3.27. The number of nitrogens with zero attached hydrogens (tertiary/aromatic N) is 3. The minimum Gasteiger partial charge on any atom is -0.378 e. The van der Waals surface area contributed by atoms with Gasteiger partial charge in [0.05, 0.1) is 19.4 Å². The zero-order chi connectivity index (χ0) is 11.7. The van der Waals surface area contributed by atoms with E-state index in [9.17, 15) is 0 Å². The topological polar surface area (TPSA) is 38.2 Å². The molecule has 0 N–H and O–H groups in total. The second kappa shape index (κ2) is 4.58. The number of hydrogen-bond donors (Lipinski definition) is 0. The lowest BCUT2D eigenvalue weighted by atomic mass is 10.2. The number of anilines is 1. The highest BCUT2D eigenvalue weighted by Crippen LogP contribution is 2.26. The van der Waals surface area contributed by atoms with Gasteiger partial charge in [0.1, 0.15) is 0 Å². The Hall–Kier alpha value is -1.20. The van der Waals surface area contributed by atoms with E-state index in [-0.39, 0.29) is 0 Å². The SMILES string of the molecule is Brc1ccc2c(N3CCOCC3)nncc2c1. The second-order valence-electron chi connectivity index (χ2n) is 4.00. The van der Waals surface area contributed by atoms with Gasteiger partial charge in [-0.15, -0.1) is 5.10 Å². The number of fused-ring (bicyclic) bond motifs is 1. The van der Waals surface area contributed by atoms with Gasteiger partial charge in [-0.25, -0.2) is 0 Å². The second-order valence-corrected chi connectivity index (χ2v) is 4.91. The van der Waals surface area contributed by atoms with Gasteiger partial charge in [-0.2, -0.15) is 5.10 Å². The third-order valence-corrected chi connectivity index (χ3v) is 3.41. The number of morpholine rings is 1. The molecule has 0 amide bonds. The summed E-state index contributed by atoms with van der Waals surface area (Å²) in [5, 5.41) is 10.6. The Kier molecular flexibility index (Phi) is 2.94. The van der Waals surface area contributed by atoms with Gasteiger partial charge >= 0.3 is 0 Å². The molecule has 0 aliphatic carbocycles. The largest absolute Gasteiger partial charge is 0.378 e. The van der Waals surface area contributed by atoms with Gasteiger partial charge in [0.15, 0.2) is 5.82 Å². The molecule has 2 aromatic rings. The Balaban J connectivity index is 2.09. The minimum absolute atomic E-state index is 0.759. The van der Waals surface area contributed by atoms with E-state index >= 15 is 0 Å². The maximum absolute atomic E-state index is 5.36. The molecule has 0 atom stereocenters. The van der Waals surface area contributed by atoms with E-state index in [0.29, 0.717) is 0 Å². The Morgan fingerprint density at radius 1 is 1.24 bits per heavy atom. The molecule has 17 heavy (non-hydrogen) atoms. The highest BCUT2D eigenvalue weighted by molar-refractivity contribution is 9.10. The predicted molar refractivity (Wildman–Crippen MR) is 70.3 cm³/mol. The van der Waals surface area contributed by atoms with E-state index in [1.807, 2.05) is 6.07 Å². The summed E-state index contributed by atoms with van der Waals surface area (Å²) in [5.41, 5.74) is 0. The van der Waals surface area contributed by atoms with Crippen LogP contribution in [0, 0.1) is 0 Å². The number of benzene rings is 1. The molecule has 5 heteroatoms. The van der Waals surface area contributed by atoms with E-state index in [1.165, 1.54) is 0 Å². The Morgan fingerprint density at radius 2 is 2.06 bits per heavy atom. The van der Waals surface area contributed by atoms with Gasteiger partial charge in [-0.1, -0.05) is 15.9 Å². The first-order valence-electron chi connectivity index (χ1n) is 5.58. The summed E-state index contributed by atoms with van der Waals surface area (Å²) >= 11 is 3.47. The van der Waals surface area contributed by atoms with Crippen molar-refractivity contribution in [1.29, 1.82) is 0 Å². The average Bonchev–Trinajstić information content (AvgIpc) is 2.39. The molecule has 1 aromatic carbocycles. The number of hydrogen-bond acceptors (Lipinski definition) is 4. The van der Waals surface area contributed by atoms with Gasteiger partial charge in [-0.05, 0) is 18.2 Å². The van der Waals surface area contributed by atoms with Crippen LogP contribution in [-0.2, 0) is 4.74 Å². The quantitative estimate of drug-likeness (QED) is 0.808. The van der Waals surface area contributed by atoms with E-state index < -0.39 is 0 Å². The van der Waals surface area contributed by atoms with E-state index in [2.05, 4.69) is 43.2 Å².